The molecule has 1 amide bonds. The summed E-state index contributed by atoms with van der Waals surface area (Å²) >= 11 is 6.37. The van der Waals surface area contributed by atoms with Crippen molar-refractivity contribution in [2.24, 2.45) is 5.92 Å². The van der Waals surface area contributed by atoms with Gasteiger partial charge in [-0.25, -0.2) is 18.2 Å². The number of anilines is 1. The van der Waals surface area contributed by atoms with Gasteiger partial charge in [0.25, 0.3) is 0 Å². The molecule has 2 aliphatic carbocycles. The number of nitrogens with zero attached hydrogens (tertiary/aromatic N) is 4. The van der Waals surface area contributed by atoms with Crippen LogP contribution < -0.4 is 5.32 Å². The van der Waals surface area contributed by atoms with E-state index in [1.165, 1.54) is 12.4 Å². The summed E-state index contributed by atoms with van der Waals surface area (Å²) in [5, 5.41) is 9.70. The number of aromatic nitrogens is 5. The number of aromatic amines is 1. The first-order chi connectivity index (χ1) is 14.9. The molecule has 0 aliphatic heterocycles. The van der Waals surface area contributed by atoms with Crippen molar-refractivity contribution >= 4 is 39.9 Å². The minimum absolute atomic E-state index is 0.161. The van der Waals surface area contributed by atoms with E-state index >= 15 is 4.39 Å². The van der Waals surface area contributed by atoms with E-state index in [0.29, 0.717) is 27.8 Å². The molecule has 0 bridgehead atoms. The van der Waals surface area contributed by atoms with E-state index in [1.807, 2.05) is 0 Å². The first kappa shape index (κ1) is 18.6. The van der Waals surface area contributed by atoms with E-state index in [4.69, 9.17) is 11.6 Å². The number of hydrogen-bond donors (Lipinski definition) is 2. The number of nitrogens with one attached hydrogen (secondary N) is 2. The van der Waals surface area contributed by atoms with Crippen molar-refractivity contribution in [1.29, 1.82) is 0 Å². The van der Waals surface area contributed by atoms with Crippen LogP contribution in [0.3, 0.4) is 0 Å². The van der Waals surface area contributed by atoms with Gasteiger partial charge in [0.05, 0.1) is 40.7 Å². The number of carbonyl (C=O) groups is 1. The fourth-order valence-corrected chi connectivity index (χ4v) is 4.24. The molecule has 3 aromatic heterocycles. The summed E-state index contributed by atoms with van der Waals surface area (Å²) in [5.74, 6) is -2.03. The van der Waals surface area contributed by atoms with E-state index in [2.05, 4.69) is 25.5 Å². The number of benzene rings is 1. The van der Waals surface area contributed by atoms with Gasteiger partial charge in [-0.1, -0.05) is 11.6 Å². The van der Waals surface area contributed by atoms with Crippen LogP contribution in [0.1, 0.15) is 24.3 Å². The highest BCUT2D eigenvalue weighted by atomic mass is 35.5. The second kappa shape index (κ2) is 6.43. The molecule has 11 heteroatoms. The molecule has 4 aromatic rings. The quantitative estimate of drug-likeness (QED) is 0.492. The predicted octanol–water partition coefficient (Wildman–Crippen LogP) is 4.19. The molecule has 0 spiro atoms. The van der Waals surface area contributed by atoms with Crippen LogP contribution in [0.5, 0.6) is 0 Å². The minimum Gasteiger partial charge on any atom is -0.309 e. The molecule has 6 rings (SSSR count). The SMILES string of the molecule is O=C(Nc1cn2cc(-c3c(Cl)c(F)c(C4CC4F)c4[nH]ncc34)ncc2n1)C1CC1F. The molecule has 2 aliphatic rings. The van der Waals surface area contributed by atoms with Crippen LogP contribution in [0.2, 0.25) is 5.02 Å². The first-order valence-electron chi connectivity index (χ1n) is 9.70. The minimum atomic E-state index is -1.11. The highest BCUT2D eigenvalue weighted by Crippen LogP contribution is 2.50. The molecule has 4 unspecified atom stereocenters. The third kappa shape index (κ3) is 2.88. The number of hydrogen-bond acceptors (Lipinski definition) is 4. The summed E-state index contributed by atoms with van der Waals surface area (Å²) in [6.07, 6.45) is 4.36. The van der Waals surface area contributed by atoms with Gasteiger partial charge in [-0.2, -0.15) is 5.10 Å². The third-order valence-electron chi connectivity index (χ3n) is 5.81. The monoisotopic (exact) mass is 446 g/mol. The van der Waals surface area contributed by atoms with Crippen LogP contribution in [0.15, 0.2) is 24.8 Å². The van der Waals surface area contributed by atoms with Gasteiger partial charge in [-0.15, -0.1) is 0 Å². The van der Waals surface area contributed by atoms with Gasteiger partial charge in [-0.3, -0.25) is 14.9 Å². The Morgan fingerprint density at radius 2 is 2.00 bits per heavy atom. The smallest absolute Gasteiger partial charge is 0.231 e. The van der Waals surface area contributed by atoms with Crippen LogP contribution in [0.25, 0.3) is 27.8 Å². The molecule has 2 fully saturated rings. The Hall–Kier alpha value is -3.14. The molecular formula is C20H14ClF3N6O. The Morgan fingerprint density at radius 1 is 1.23 bits per heavy atom. The molecule has 158 valence electrons. The maximum absolute atomic E-state index is 15.1. The molecule has 0 saturated heterocycles. The van der Waals surface area contributed by atoms with Crippen molar-refractivity contribution in [3.63, 3.8) is 0 Å². The fraction of sp³-hybridized carbons (Fsp3) is 0.300. The van der Waals surface area contributed by atoms with Crippen LogP contribution >= 0.6 is 11.6 Å². The topological polar surface area (TPSA) is 88.0 Å². The van der Waals surface area contributed by atoms with Gasteiger partial charge < -0.3 is 9.72 Å². The molecule has 2 N–H and O–H groups in total. The van der Waals surface area contributed by atoms with Gasteiger partial charge in [-0.05, 0) is 12.8 Å². The van der Waals surface area contributed by atoms with Crippen molar-refractivity contribution in [3.05, 3.63) is 41.2 Å². The lowest BCUT2D eigenvalue weighted by molar-refractivity contribution is -0.117. The molecule has 0 radical (unpaired) electrons. The second-order valence-electron chi connectivity index (χ2n) is 7.95. The van der Waals surface area contributed by atoms with Gasteiger partial charge in [0.2, 0.25) is 5.91 Å². The number of carbonyl (C=O) groups excluding carboxylic acids is 1. The van der Waals surface area contributed by atoms with Crippen molar-refractivity contribution < 1.29 is 18.0 Å². The average molecular weight is 447 g/mol. The van der Waals surface area contributed by atoms with Crippen LogP contribution in [-0.2, 0) is 4.79 Å². The molecule has 2 saturated carbocycles. The van der Waals surface area contributed by atoms with Crippen LogP contribution in [0.4, 0.5) is 19.0 Å². The molecule has 31 heavy (non-hydrogen) atoms. The zero-order chi connectivity index (χ0) is 21.4. The van der Waals surface area contributed by atoms with Crippen molar-refractivity contribution in [1.82, 2.24) is 24.6 Å². The number of halogens is 4. The summed E-state index contributed by atoms with van der Waals surface area (Å²) in [5.41, 5.74) is 1.70. The zero-order valence-corrected chi connectivity index (χ0v) is 16.5. The fourth-order valence-electron chi connectivity index (χ4n) is 3.94. The molecule has 3 heterocycles. The Bertz CT molecular complexity index is 1380. The van der Waals surface area contributed by atoms with E-state index in [0.717, 1.165) is 0 Å². The highest BCUT2D eigenvalue weighted by Gasteiger charge is 2.44. The van der Waals surface area contributed by atoms with Crippen molar-refractivity contribution in [2.75, 3.05) is 5.32 Å². The Labute approximate surface area is 177 Å². The van der Waals surface area contributed by atoms with Crippen LogP contribution in [-0.4, -0.2) is 42.8 Å². The number of H-pyrrole nitrogens is 1. The normalized spacial score (nSPS) is 24.6. The predicted molar refractivity (Wildman–Crippen MR) is 107 cm³/mol. The summed E-state index contributed by atoms with van der Waals surface area (Å²) in [4.78, 5) is 20.5. The molecule has 4 atom stereocenters. The Balaban J connectivity index is 1.43. The number of alkyl halides is 2. The van der Waals surface area contributed by atoms with Gasteiger partial charge in [0, 0.05) is 28.6 Å². The first-order valence-corrected chi connectivity index (χ1v) is 10.1. The molecule has 1 aromatic carbocycles. The maximum atomic E-state index is 15.1. The Kier molecular flexibility index (Phi) is 3.86. The van der Waals surface area contributed by atoms with Crippen molar-refractivity contribution in [2.45, 2.75) is 31.1 Å². The zero-order valence-electron chi connectivity index (χ0n) is 15.7. The number of amides is 1. The third-order valence-corrected chi connectivity index (χ3v) is 6.16. The largest absolute Gasteiger partial charge is 0.309 e. The van der Waals surface area contributed by atoms with Gasteiger partial charge in [0.1, 0.15) is 18.2 Å². The number of fused-ring (bicyclic) bond motifs is 2. The second-order valence-corrected chi connectivity index (χ2v) is 8.32. The van der Waals surface area contributed by atoms with E-state index < -0.39 is 35.9 Å². The average Bonchev–Trinajstić information content (AvgIpc) is 3.51. The summed E-state index contributed by atoms with van der Waals surface area (Å²) in [7, 11) is 0. The van der Waals surface area contributed by atoms with Crippen LogP contribution in [0, 0.1) is 11.7 Å². The summed E-state index contributed by atoms with van der Waals surface area (Å²) in [6.45, 7) is 0. The van der Waals surface area contributed by atoms with Gasteiger partial charge >= 0.3 is 0 Å². The van der Waals surface area contributed by atoms with Crippen molar-refractivity contribution in [3.8, 4) is 11.3 Å². The van der Waals surface area contributed by atoms with E-state index in [-0.39, 0.29) is 29.2 Å². The highest BCUT2D eigenvalue weighted by molar-refractivity contribution is 6.35. The van der Waals surface area contributed by atoms with Gasteiger partial charge in [0.15, 0.2) is 11.5 Å². The van der Waals surface area contributed by atoms with E-state index in [9.17, 15) is 13.6 Å². The lowest BCUT2D eigenvalue weighted by Gasteiger charge is -2.11. The number of imidazole rings is 1. The standard InChI is InChI=1S/C20H14ClF3N6O/c21-17-15(9-3-26-29-19(9)16(18(17)24)7-1-10(7)22)12-5-30-6-13(27-14(30)4-25-12)28-20(31)8-2-11(8)23/h3-8,10-11H,1-2H2,(H,26,29)(H,28,31). The lowest BCUT2D eigenvalue weighted by atomic mass is 10.00. The lowest BCUT2D eigenvalue weighted by Crippen LogP contribution is -2.15. The number of rotatable bonds is 4. The summed E-state index contributed by atoms with van der Waals surface area (Å²) in [6, 6.07) is 0. The maximum Gasteiger partial charge on any atom is 0.231 e. The molecular weight excluding hydrogens is 433 g/mol. The van der Waals surface area contributed by atoms with E-state index in [1.54, 1.807) is 16.8 Å². The Morgan fingerprint density at radius 3 is 2.71 bits per heavy atom. The summed E-state index contributed by atoms with van der Waals surface area (Å²) < 4.78 is 43.5. The molecule has 7 nitrogen and oxygen atoms in total.